The second kappa shape index (κ2) is 3.76. The van der Waals surface area contributed by atoms with Crippen molar-refractivity contribution < 1.29 is 0 Å². The van der Waals surface area contributed by atoms with E-state index in [0.717, 1.165) is 21.4 Å². The molecule has 0 radical (unpaired) electrons. The quantitative estimate of drug-likeness (QED) is 0.667. The molecule has 2 aromatic heterocycles. The summed E-state index contributed by atoms with van der Waals surface area (Å²) in [6.07, 6.45) is 2.00. The topological polar surface area (TPSA) is 28.7 Å². The molecule has 78 valence electrons. The zero-order valence-electron chi connectivity index (χ0n) is 8.44. The third-order valence-electron chi connectivity index (χ3n) is 2.58. The molecule has 2 heterocycles. The van der Waals surface area contributed by atoms with Crippen LogP contribution in [-0.2, 0) is 0 Å². The van der Waals surface area contributed by atoms with Gasteiger partial charge in [-0.05, 0) is 34.1 Å². The van der Waals surface area contributed by atoms with Crippen molar-refractivity contribution in [2.24, 2.45) is 0 Å². The number of pyridine rings is 1. The zero-order valence-corrected chi connectivity index (χ0v) is 10.0. The van der Waals surface area contributed by atoms with Crippen LogP contribution >= 0.6 is 15.9 Å². The standard InChI is InChI=1S/C13H9BrN2/c14-13-7-3-6-12(16-13)10-8-15-11-5-2-1-4-9(10)11/h1-8,15H. The molecule has 0 saturated heterocycles. The summed E-state index contributed by atoms with van der Waals surface area (Å²) >= 11 is 3.39. The van der Waals surface area contributed by atoms with Crippen LogP contribution in [0.2, 0.25) is 0 Å². The molecule has 0 atom stereocenters. The highest BCUT2D eigenvalue weighted by molar-refractivity contribution is 9.10. The second-order valence-corrected chi connectivity index (χ2v) is 4.41. The van der Waals surface area contributed by atoms with E-state index in [1.807, 2.05) is 36.5 Å². The van der Waals surface area contributed by atoms with Crippen LogP contribution < -0.4 is 0 Å². The van der Waals surface area contributed by atoms with E-state index in [-0.39, 0.29) is 0 Å². The zero-order chi connectivity index (χ0) is 11.0. The molecular weight excluding hydrogens is 264 g/mol. The van der Waals surface area contributed by atoms with E-state index in [1.54, 1.807) is 0 Å². The largest absolute Gasteiger partial charge is 0.360 e. The third-order valence-corrected chi connectivity index (χ3v) is 3.02. The van der Waals surface area contributed by atoms with E-state index in [9.17, 15) is 0 Å². The van der Waals surface area contributed by atoms with Crippen LogP contribution in [0.25, 0.3) is 22.2 Å². The Bertz CT molecular complexity index is 643. The number of hydrogen-bond donors (Lipinski definition) is 1. The van der Waals surface area contributed by atoms with Crippen molar-refractivity contribution >= 4 is 26.8 Å². The highest BCUT2D eigenvalue weighted by Crippen LogP contribution is 2.27. The maximum Gasteiger partial charge on any atom is 0.106 e. The first-order valence-corrected chi connectivity index (χ1v) is 5.83. The van der Waals surface area contributed by atoms with Crippen LogP contribution in [-0.4, -0.2) is 9.97 Å². The van der Waals surface area contributed by atoms with Gasteiger partial charge < -0.3 is 4.98 Å². The maximum absolute atomic E-state index is 4.46. The average molecular weight is 273 g/mol. The minimum absolute atomic E-state index is 0.857. The highest BCUT2D eigenvalue weighted by atomic mass is 79.9. The summed E-state index contributed by atoms with van der Waals surface area (Å²) in [5.41, 5.74) is 3.25. The Kier molecular flexibility index (Phi) is 2.26. The minimum atomic E-state index is 0.857. The Hall–Kier alpha value is -1.61. The van der Waals surface area contributed by atoms with Gasteiger partial charge in [-0.25, -0.2) is 4.98 Å². The lowest BCUT2D eigenvalue weighted by Crippen LogP contribution is -1.81. The minimum Gasteiger partial charge on any atom is -0.360 e. The summed E-state index contributed by atoms with van der Waals surface area (Å²) in [7, 11) is 0. The monoisotopic (exact) mass is 272 g/mol. The van der Waals surface area contributed by atoms with Crippen LogP contribution in [0.3, 0.4) is 0 Å². The fourth-order valence-electron chi connectivity index (χ4n) is 1.84. The first kappa shape index (κ1) is 9.60. The molecule has 1 N–H and O–H groups in total. The van der Waals surface area contributed by atoms with Gasteiger partial charge in [-0.15, -0.1) is 0 Å². The number of fused-ring (bicyclic) bond motifs is 1. The summed E-state index contributed by atoms with van der Waals surface area (Å²) in [6, 6.07) is 14.2. The van der Waals surface area contributed by atoms with Gasteiger partial charge in [0.1, 0.15) is 4.60 Å². The molecule has 16 heavy (non-hydrogen) atoms. The van der Waals surface area contributed by atoms with E-state index in [0.29, 0.717) is 0 Å². The molecule has 2 nitrogen and oxygen atoms in total. The van der Waals surface area contributed by atoms with E-state index in [2.05, 4.69) is 38.0 Å². The Labute approximate surface area is 101 Å². The third kappa shape index (κ3) is 1.53. The van der Waals surface area contributed by atoms with Crippen molar-refractivity contribution in [3.8, 4) is 11.3 Å². The molecular formula is C13H9BrN2. The lowest BCUT2D eigenvalue weighted by molar-refractivity contribution is 1.28. The predicted molar refractivity (Wildman–Crippen MR) is 69.2 cm³/mol. The van der Waals surface area contributed by atoms with Crippen molar-refractivity contribution in [2.75, 3.05) is 0 Å². The number of hydrogen-bond acceptors (Lipinski definition) is 1. The number of benzene rings is 1. The molecule has 0 amide bonds. The predicted octanol–water partition coefficient (Wildman–Crippen LogP) is 3.99. The van der Waals surface area contributed by atoms with Crippen LogP contribution in [0, 0.1) is 0 Å². The normalized spacial score (nSPS) is 10.8. The second-order valence-electron chi connectivity index (χ2n) is 3.59. The molecule has 0 aliphatic heterocycles. The van der Waals surface area contributed by atoms with Crippen molar-refractivity contribution in [2.45, 2.75) is 0 Å². The van der Waals surface area contributed by atoms with Crippen molar-refractivity contribution in [3.63, 3.8) is 0 Å². The van der Waals surface area contributed by atoms with E-state index in [1.165, 1.54) is 5.39 Å². The number of nitrogens with zero attached hydrogens (tertiary/aromatic N) is 1. The van der Waals surface area contributed by atoms with Crippen LogP contribution in [0.5, 0.6) is 0 Å². The fourth-order valence-corrected chi connectivity index (χ4v) is 2.19. The molecule has 3 aromatic rings. The molecule has 0 fully saturated rings. The van der Waals surface area contributed by atoms with E-state index in [4.69, 9.17) is 0 Å². The molecule has 0 aliphatic rings. The summed E-state index contributed by atoms with van der Waals surface area (Å²) in [6.45, 7) is 0. The molecule has 0 spiro atoms. The summed E-state index contributed by atoms with van der Waals surface area (Å²) in [5, 5.41) is 1.20. The summed E-state index contributed by atoms with van der Waals surface area (Å²) in [5.74, 6) is 0. The average Bonchev–Trinajstić information content (AvgIpc) is 2.72. The SMILES string of the molecule is Brc1cccc(-c2c[nH]c3ccccc23)n1. The Balaban J connectivity index is 2.26. The molecule has 3 rings (SSSR count). The van der Waals surface area contributed by atoms with Gasteiger partial charge in [0.05, 0.1) is 5.69 Å². The van der Waals surface area contributed by atoms with Gasteiger partial charge in [-0.2, -0.15) is 0 Å². The Morgan fingerprint density at radius 1 is 1.00 bits per heavy atom. The van der Waals surface area contributed by atoms with Gasteiger partial charge in [0, 0.05) is 22.7 Å². The van der Waals surface area contributed by atoms with Gasteiger partial charge >= 0.3 is 0 Å². The first-order chi connectivity index (χ1) is 7.84. The smallest absolute Gasteiger partial charge is 0.106 e. The molecule has 1 aromatic carbocycles. The number of rotatable bonds is 1. The van der Waals surface area contributed by atoms with Crippen LogP contribution in [0.1, 0.15) is 0 Å². The highest BCUT2D eigenvalue weighted by Gasteiger charge is 2.06. The summed E-state index contributed by atoms with van der Waals surface area (Å²) < 4.78 is 0.857. The molecule has 0 aliphatic carbocycles. The van der Waals surface area contributed by atoms with Gasteiger partial charge in [0.25, 0.3) is 0 Å². The van der Waals surface area contributed by atoms with Crippen molar-refractivity contribution in [3.05, 3.63) is 53.3 Å². The van der Waals surface area contributed by atoms with Crippen LogP contribution in [0.4, 0.5) is 0 Å². The number of halogens is 1. The number of nitrogens with one attached hydrogen (secondary N) is 1. The number of H-pyrrole nitrogens is 1. The van der Waals surface area contributed by atoms with Gasteiger partial charge in [-0.3, -0.25) is 0 Å². The molecule has 3 heteroatoms. The van der Waals surface area contributed by atoms with Crippen LogP contribution in [0.15, 0.2) is 53.3 Å². The van der Waals surface area contributed by atoms with Gasteiger partial charge in [-0.1, -0.05) is 24.3 Å². The van der Waals surface area contributed by atoms with E-state index >= 15 is 0 Å². The number of aromatic amines is 1. The number of para-hydroxylation sites is 1. The maximum atomic E-state index is 4.46. The van der Waals surface area contributed by atoms with E-state index < -0.39 is 0 Å². The molecule has 0 unspecified atom stereocenters. The Morgan fingerprint density at radius 3 is 2.75 bits per heavy atom. The lowest BCUT2D eigenvalue weighted by Gasteiger charge is -1.98. The van der Waals surface area contributed by atoms with Crippen molar-refractivity contribution in [1.82, 2.24) is 9.97 Å². The molecule has 0 saturated carbocycles. The Morgan fingerprint density at radius 2 is 1.88 bits per heavy atom. The first-order valence-electron chi connectivity index (χ1n) is 5.03. The number of aromatic nitrogens is 2. The summed E-state index contributed by atoms with van der Waals surface area (Å²) in [4.78, 5) is 7.71. The van der Waals surface area contributed by atoms with Crippen molar-refractivity contribution in [1.29, 1.82) is 0 Å². The van der Waals surface area contributed by atoms with Gasteiger partial charge in [0.15, 0.2) is 0 Å². The molecule has 0 bridgehead atoms. The fraction of sp³-hybridized carbons (Fsp3) is 0. The lowest BCUT2D eigenvalue weighted by atomic mass is 10.1. The van der Waals surface area contributed by atoms with Gasteiger partial charge in [0.2, 0.25) is 0 Å².